The minimum atomic E-state index is -0.106. The van der Waals surface area contributed by atoms with E-state index in [1.165, 1.54) is 0 Å². The summed E-state index contributed by atoms with van der Waals surface area (Å²) in [6.07, 6.45) is 0.514. The van der Waals surface area contributed by atoms with Crippen LogP contribution in [-0.4, -0.2) is 5.91 Å². The molecule has 0 bridgehead atoms. The van der Waals surface area contributed by atoms with Crippen molar-refractivity contribution in [2.75, 3.05) is 5.32 Å². The molecule has 0 aromatic heterocycles. The molecule has 78 valence electrons. The molecule has 3 heteroatoms. The van der Waals surface area contributed by atoms with Crippen molar-refractivity contribution in [3.8, 4) is 6.07 Å². The van der Waals surface area contributed by atoms with Gasteiger partial charge in [0.15, 0.2) is 0 Å². The summed E-state index contributed by atoms with van der Waals surface area (Å²) in [5.41, 5.74) is 3.05. The van der Waals surface area contributed by atoms with Crippen molar-refractivity contribution < 1.29 is 4.79 Å². The van der Waals surface area contributed by atoms with Gasteiger partial charge in [0.05, 0.1) is 6.07 Å². The Hall–Kier alpha value is -1.82. The molecule has 0 unspecified atom stereocenters. The van der Waals surface area contributed by atoms with Gasteiger partial charge in [0.25, 0.3) is 0 Å². The molecule has 0 atom stereocenters. The molecule has 3 nitrogen and oxygen atoms in total. The number of nitrogens with one attached hydrogen (secondary N) is 1. The van der Waals surface area contributed by atoms with E-state index in [-0.39, 0.29) is 18.7 Å². The summed E-state index contributed by atoms with van der Waals surface area (Å²) in [7, 11) is 0. The van der Waals surface area contributed by atoms with Crippen LogP contribution in [0.25, 0.3) is 0 Å². The van der Waals surface area contributed by atoms with Gasteiger partial charge in [0.1, 0.15) is 0 Å². The van der Waals surface area contributed by atoms with E-state index in [1.807, 2.05) is 38.1 Å². The van der Waals surface area contributed by atoms with Crippen LogP contribution in [-0.2, 0) is 4.79 Å². The van der Waals surface area contributed by atoms with Gasteiger partial charge in [0, 0.05) is 18.5 Å². The van der Waals surface area contributed by atoms with E-state index in [2.05, 4.69) is 5.32 Å². The average molecular weight is 202 g/mol. The lowest BCUT2D eigenvalue weighted by atomic mass is 10.1. The van der Waals surface area contributed by atoms with Crippen LogP contribution in [0.15, 0.2) is 18.2 Å². The molecule has 0 saturated carbocycles. The molecule has 0 spiro atoms. The lowest BCUT2D eigenvalue weighted by Gasteiger charge is -2.09. The molecule has 0 aliphatic heterocycles. The second kappa shape index (κ2) is 5.16. The van der Waals surface area contributed by atoms with Crippen molar-refractivity contribution in [3.05, 3.63) is 29.3 Å². The molecule has 1 amide bonds. The van der Waals surface area contributed by atoms with E-state index in [9.17, 15) is 4.79 Å². The molecule has 0 heterocycles. The van der Waals surface area contributed by atoms with Gasteiger partial charge in [-0.05, 0) is 31.0 Å². The molecular weight excluding hydrogens is 188 g/mol. The number of rotatable bonds is 3. The maximum absolute atomic E-state index is 11.4. The normalized spacial score (nSPS) is 9.40. The maximum atomic E-state index is 11.4. The minimum Gasteiger partial charge on any atom is -0.326 e. The number of amides is 1. The Morgan fingerprint density at radius 3 is 2.87 bits per heavy atom. The van der Waals surface area contributed by atoms with Crippen molar-refractivity contribution in [3.63, 3.8) is 0 Å². The number of carbonyl (C=O) groups excluding carboxylic acids is 1. The van der Waals surface area contributed by atoms with Crippen molar-refractivity contribution >= 4 is 11.6 Å². The molecule has 15 heavy (non-hydrogen) atoms. The van der Waals surface area contributed by atoms with Crippen LogP contribution >= 0.6 is 0 Å². The van der Waals surface area contributed by atoms with E-state index < -0.39 is 0 Å². The zero-order valence-corrected chi connectivity index (χ0v) is 9.00. The summed E-state index contributed by atoms with van der Waals surface area (Å²) < 4.78 is 0. The average Bonchev–Trinajstić information content (AvgIpc) is 2.22. The number of aryl methyl sites for hydroxylation is 1. The Morgan fingerprint density at radius 1 is 1.47 bits per heavy atom. The number of benzene rings is 1. The van der Waals surface area contributed by atoms with Gasteiger partial charge in [-0.3, -0.25) is 4.79 Å². The predicted octanol–water partition coefficient (Wildman–Crippen LogP) is 2.55. The maximum Gasteiger partial charge on any atom is 0.225 e. The Balaban J connectivity index is 2.69. The van der Waals surface area contributed by atoms with Crippen LogP contribution in [0.1, 0.15) is 24.0 Å². The lowest BCUT2D eigenvalue weighted by molar-refractivity contribution is -0.116. The highest BCUT2D eigenvalue weighted by atomic mass is 16.1. The molecule has 0 saturated heterocycles. The van der Waals surface area contributed by atoms with Gasteiger partial charge in [0.2, 0.25) is 5.91 Å². The molecule has 1 N–H and O–H groups in total. The van der Waals surface area contributed by atoms with Gasteiger partial charge in [-0.1, -0.05) is 12.1 Å². The first kappa shape index (κ1) is 11.3. The van der Waals surface area contributed by atoms with Crippen molar-refractivity contribution in [2.24, 2.45) is 0 Å². The number of hydrogen-bond donors (Lipinski definition) is 1. The Labute approximate surface area is 89.7 Å². The van der Waals surface area contributed by atoms with Crippen LogP contribution in [0.2, 0.25) is 0 Å². The zero-order valence-electron chi connectivity index (χ0n) is 9.00. The smallest absolute Gasteiger partial charge is 0.225 e. The van der Waals surface area contributed by atoms with E-state index in [0.29, 0.717) is 0 Å². The molecule has 1 aromatic carbocycles. The molecular formula is C12H14N2O. The molecule has 0 fully saturated rings. The first-order chi connectivity index (χ1) is 7.15. The Bertz CT molecular complexity index is 405. The quantitative estimate of drug-likeness (QED) is 0.818. The minimum absolute atomic E-state index is 0.106. The van der Waals surface area contributed by atoms with Crippen molar-refractivity contribution in [1.29, 1.82) is 5.26 Å². The molecule has 1 aromatic rings. The highest BCUT2D eigenvalue weighted by Gasteiger charge is 2.04. The standard InChI is InChI=1S/C12H14N2O/c1-9-5-3-6-11(10(9)2)14-12(15)7-4-8-13/h3,5-6H,4,7H2,1-2H3,(H,14,15). The highest BCUT2D eigenvalue weighted by Crippen LogP contribution is 2.18. The van der Waals surface area contributed by atoms with Gasteiger partial charge in [-0.2, -0.15) is 5.26 Å². The fraction of sp³-hybridized carbons (Fsp3) is 0.333. The van der Waals surface area contributed by atoms with Crippen molar-refractivity contribution in [2.45, 2.75) is 26.7 Å². The van der Waals surface area contributed by atoms with E-state index in [4.69, 9.17) is 5.26 Å². The van der Waals surface area contributed by atoms with Crippen LogP contribution < -0.4 is 5.32 Å². The van der Waals surface area contributed by atoms with Crippen LogP contribution in [0.3, 0.4) is 0 Å². The summed E-state index contributed by atoms with van der Waals surface area (Å²) in [5, 5.41) is 11.1. The van der Waals surface area contributed by atoms with Crippen LogP contribution in [0.4, 0.5) is 5.69 Å². The number of nitriles is 1. The topological polar surface area (TPSA) is 52.9 Å². The summed E-state index contributed by atoms with van der Waals surface area (Å²) in [4.78, 5) is 11.4. The first-order valence-electron chi connectivity index (χ1n) is 4.88. The first-order valence-corrected chi connectivity index (χ1v) is 4.88. The fourth-order valence-electron chi connectivity index (χ4n) is 1.27. The SMILES string of the molecule is Cc1cccc(NC(=O)CCC#N)c1C. The molecule has 0 radical (unpaired) electrons. The number of hydrogen-bond acceptors (Lipinski definition) is 2. The molecule has 0 aliphatic rings. The Kier molecular flexibility index (Phi) is 3.87. The molecule has 0 aliphatic carbocycles. The number of nitrogens with zero attached hydrogens (tertiary/aromatic N) is 1. The summed E-state index contributed by atoms with van der Waals surface area (Å²) in [5.74, 6) is -0.106. The third-order valence-electron chi connectivity index (χ3n) is 2.34. The lowest BCUT2D eigenvalue weighted by Crippen LogP contribution is -2.12. The summed E-state index contributed by atoms with van der Waals surface area (Å²) >= 11 is 0. The summed E-state index contributed by atoms with van der Waals surface area (Å²) in [6.45, 7) is 3.97. The van der Waals surface area contributed by atoms with Crippen molar-refractivity contribution in [1.82, 2.24) is 0 Å². The van der Waals surface area contributed by atoms with E-state index in [0.717, 1.165) is 16.8 Å². The van der Waals surface area contributed by atoms with Crippen LogP contribution in [0.5, 0.6) is 0 Å². The largest absolute Gasteiger partial charge is 0.326 e. The predicted molar refractivity (Wildman–Crippen MR) is 59.4 cm³/mol. The Morgan fingerprint density at radius 2 is 2.20 bits per heavy atom. The number of carbonyl (C=O) groups is 1. The van der Waals surface area contributed by atoms with Gasteiger partial charge >= 0.3 is 0 Å². The van der Waals surface area contributed by atoms with Crippen LogP contribution in [0, 0.1) is 25.2 Å². The fourth-order valence-corrected chi connectivity index (χ4v) is 1.27. The highest BCUT2D eigenvalue weighted by molar-refractivity contribution is 5.91. The third kappa shape index (κ3) is 3.10. The second-order valence-electron chi connectivity index (χ2n) is 3.45. The van der Waals surface area contributed by atoms with E-state index >= 15 is 0 Å². The van der Waals surface area contributed by atoms with Gasteiger partial charge in [-0.15, -0.1) is 0 Å². The third-order valence-corrected chi connectivity index (χ3v) is 2.34. The molecule has 1 rings (SSSR count). The van der Waals surface area contributed by atoms with Gasteiger partial charge < -0.3 is 5.32 Å². The van der Waals surface area contributed by atoms with Gasteiger partial charge in [-0.25, -0.2) is 0 Å². The second-order valence-corrected chi connectivity index (χ2v) is 3.45. The summed E-state index contributed by atoms with van der Waals surface area (Å²) in [6, 6.07) is 7.72. The zero-order chi connectivity index (χ0) is 11.3. The number of anilines is 1. The monoisotopic (exact) mass is 202 g/mol. The van der Waals surface area contributed by atoms with E-state index in [1.54, 1.807) is 0 Å².